The number of benzene rings is 2. The minimum absolute atomic E-state index is 0.112. The highest BCUT2D eigenvalue weighted by atomic mass is 35.5. The lowest BCUT2D eigenvalue weighted by Crippen LogP contribution is -2.50. The number of nitrogens with one attached hydrogen (secondary N) is 1. The van der Waals surface area contributed by atoms with Crippen LogP contribution in [0.25, 0.3) is 0 Å². The molecule has 7 nitrogen and oxygen atoms in total. The normalized spacial score (nSPS) is 15.1. The maximum Gasteiger partial charge on any atom is 0.242 e. The van der Waals surface area contributed by atoms with Gasteiger partial charge in [-0.1, -0.05) is 62.1 Å². The van der Waals surface area contributed by atoms with Gasteiger partial charge in [-0.3, -0.25) is 13.9 Å². The molecule has 1 fully saturated rings. The Labute approximate surface area is 232 Å². The summed E-state index contributed by atoms with van der Waals surface area (Å²) in [4.78, 5) is 28.2. The molecule has 0 aromatic heterocycles. The van der Waals surface area contributed by atoms with E-state index in [1.807, 2.05) is 31.2 Å². The molecule has 0 saturated heterocycles. The molecule has 1 atom stereocenters. The van der Waals surface area contributed by atoms with Crippen LogP contribution in [0.1, 0.15) is 69.9 Å². The molecule has 2 aromatic rings. The molecule has 1 aliphatic carbocycles. The number of aryl methyl sites for hydroxylation is 1. The van der Waals surface area contributed by atoms with Gasteiger partial charge in [0.25, 0.3) is 0 Å². The summed E-state index contributed by atoms with van der Waals surface area (Å²) in [6, 6.07) is 14.2. The number of hydrogen-bond donors (Lipinski definition) is 1. The Morgan fingerprint density at radius 1 is 1.05 bits per heavy atom. The lowest BCUT2D eigenvalue weighted by molar-refractivity contribution is -0.141. The minimum atomic E-state index is -3.53. The Morgan fingerprint density at radius 3 is 2.34 bits per heavy atom. The fourth-order valence-corrected chi connectivity index (χ4v) is 6.06. The van der Waals surface area contributed by atoms with Crippen molar-refractivity contribution in [1.29, 1.82) is 0 Å². The first-order valence-corrected chi connectivity index (χ1v) is 15.7. The molecule has 0 unspecified atom stereocenters. The zero-order chi connectivity index (χ0) is 27.7. The molecule has 0 bridgehead atoms. The van der Waals surface area contributed by atoms with E-state index in [9.17, 15) is 18.0 Å². The van der Waals surface area contributed by atoms with E-state index in [1.54, 1.807) is 36.1 Å². The SMILES string of the molecule is CCc1ccc(N(CCCC(=O)N(Cc2cccc(Cl)c2)[C@@H](C)C(=O)NC2CCCCC2)S(C)(=O)=O)cc1. The van der Waals surface area contributed by atoms with Crippen molar-refractivity contribution in [3.05, 3.63) is 64.7 Å². The van der Waals surface area contributed by atoms with E-state index in [2.05, 4.69) is 5.32 Å². The Hall–Kier alpha value is -2.58. The van der Waals surface area contributed by atoms with E-state index in [1.165, 1.54) is 17.0 Å². The number of carbonyl (C=O) groups excluding carboxylic acids is 2. The molecule has 38 heavy (non-hydrogen) atoms. The van der Waals surface area contributed by atoms with Crippen molar-refractivity contribution < 1.29 is 18.0 Å². The number of carbonyl (C=O) groups is 2. The first kappa shape index (κ1) is 30.0. The van der Waals surface area contributed by atoms with E-state index < -0.39 is 16.1 Å². The minimum Gasteiger partial charge on any atom is -0.352 e. The number of hydrogen-bond acceptors (Lipinski definition) is 4. The second-order valence-corrected chi connectivity index (χ2v) is 12.5. The molecule has 0 spiro atoms. The van der Waals surface area contributed by atoms with Gasteiger partial charge in [0.15, 0.2) is 0 Å². The summed E-state index contributed by atoms with van der Waals surface area (Å²) in [7, 11) is -3.53. The van der Waals surface area contributed by atoms with Crippen LogP contribution in [-0.4, -0.2) is 50.0 Å². The second-order valence-electron chi connectivity index (χ2n) is 10.1. The summed E-state index contributed by atoms with van der Waals surface area (Å²) in [5.74, 6) is -0.368. The van der Waals surface area contributed by atoms with Crippen LogP contribution in [0.3, 0.4) is 0 Å². The number of rotatable bonds is 12. The van der Waals surface area contributed by atoms with Gasteiger partial charge in [0.05, 0.1) is 11.9 Å². The van der Waals surface area contributed by atoms with Crippen LogP contribution in [0.4, 0.5) is 5.69 Å². The first-order chi connectivity index (χ1) is 18.1. The summed E-state index contributed by atoms with van der Waals surface area (Å²) in [5.41, 5.74) is 2.53. The topological polar surface area (TPSA) is 86.8 Å². The van der Waals surface area contributed by atoms with Crippen molar-refractivity contribution >= 4 is 39.1 Å². The third-order valence-corrected chi connectivity index (χ3v) is 8.57. The van der Waals surface area contributed by atoms with Crippen molar-refractivity contribution in [3.63, 3.8) is 0 Å². The molecule has 1 aliphatic rings. The van der Waals surface area contributed by atoms with Gasteiger partial charge < -0.3 is 10.2 Å². The Bertz CT molecular complexity index is 1180. The highest BCUT2D eigenvalue weighted by molar-refractivity contribution is 7.92. The van der Waals surface area contributed by atoms with Crippen LogP contribution in [-0.2, 0) is 32.6 Å². The van der Waals surface area contributed by atoms with Gasteiger partial charge in [-0.25, -0.2) is 8.42 Å². The number of halogens is 1. The van der Waals surface area contributed by atoms with Crippen LogP contribution in [0, 0.1) is 0 Å². The molecule has 1 N–H and O–H groups in total. The molecule has 0 heterocycles. The van der Waals surface area contributed by atoms with Crippen molar-refractivity contribution in [2.45, 2.75) is 83.8 Å². The Morgan fingerprint density at radius 2 is 1.74 bits per heavy atom. The number of anilines is 1. The molecule has 0 radical (unpaired) electrons. The quantitative estimate of drug-likeness (QED) is 0.380. The number of amides is 2. The third-order valence-electron chi connectivity index (χ3n) is 7.15. The average molecular weight is 562 g/mol. The molecule has 208 valence electrons. The van der Waals surface area contributed by atoms with Gasteiger partial charge in [0.2, 0.25) is 21.8 Å². The summed E-state index contributed by atoms with van der Waals surface area (Å²) >= 11 is 6.17. The number of nitrogens with zero attached hydrogens (tertiary/aromatic N) is 2. The van der Waals surface area contributed by atoms with Gasteiger partial charge in [0.1, 0.15) is 6.04 Å². The van der Waals surface area contributed by atoms with Crippen LogP contribution in [0.15, 0.2) is 48.5 Å². The largest absolute Gasteiger partial charge is 0.352 e. The molecule has 3 rings (SSSR count). The van der Waals surface area contributed by atoms with Gasteiger partial charge in [-0.15, -0.1) is 0 Å². The predicted molar refractivity (Wildman–Crippen MR) is 154 cm³/mol. The van der Waals surface area contributed by atoms with E-state index in [0.717, 1.165) is 43.2 Å². The van der Waals surface area contributed by atoms with Crippen molar-refractivity contribution in [2.24, 2.45) is 0 Å². The summed E-state index contributed by atoms with van der Waals surface area (Å²) in [6.45, 7) is 4.20. The van der Waals surface area contributed by atoms with E-state index >= 15 is 0 Å². The summed E-state index contributed by atoms with van der Waals surface area (Å²) in [6.07, 6.45) is 7.78. The van der Waals surface area contributed by atoms with Crippen molar-refractivity contribution in [3.8, 4) is 0 Å². The fourth-order valence-electron chi connectivity index (χ4n) is 4.89. The molecular formula is C29H40ClN3O4S. The van der Waals surface area contributed by atoms with Crippen molar-refractivity contribution in [1.82, 2.24) is 10.2 Å². The fraction of sp³-hybridized carbons (Fsp3) is 0.517. The Kier molecular flexibility index (Phi) is 11.0. The lowest BCUT2D eigenvalue weighted by Gasteiger charge is -2.31. The molecule has 9 heteroatoms. The standard InChI is InChI=1S/C29H40ClN3O4S/c1-4-23-15-17-27(18-16-23)33(38(3,36)37)19-9-14-28(34)32(21-24-10-8-11-25(30)20-24)22(2)29(35)31-26-12-6-5-7-13-26/h8,10-11,15-18,20,22,26H,4-7,9,12-14,19,21H2,1-3H3,(H,31,35)/t22-/m0/s1. The molecular weight excluding hydrogens is 522 g/mol. The van der Waals surface area contributed by atoms with Crippen LogP contribution in [0.2, 0.25) is 5.02 Å². The highest BCUT2D eigenvalue weighted by Gasteiger charge is 2.28. The molecule has 0 aliphatic heterocycles. The maximum absolute atomic E-state index is 13.5. The Balaban J connectivity index is 1.71. The smallest absolute Gasteiger partial charge is 0.242 e. The zero-order valence-corrected chi connectivity index (χ0v) is 24.2. The zero-order valence-electron chi connectivity index (χ0n) is 22.7. The lowest BCUT2D eigenvalue weighted by atomic mass is 9.95. The van der Waals surface area contributed by atoms with Gasteiger partial charge in [-0.05, 0) is 68.0 Å². The highest BCUT2D eigenvalue weighted by Crippen LogP contribution is 2.22. The average Bonchev–Trinajstić information content (AvgIpc) is 2.89. The van der Waals surface area contributed by atoms with Gasteiger partial charge in [0, 0.05) is 30.6 Å². The van der Waals surface area contributed by atoms with Crippen molar-refractivity contribution in [2.75, 3.05) is 17.1 Å². The van der Waals surface area contributed by atoms with E-state index in [4.69, 9.17) is 11.6 Å². The molecule has 2 amide bonds. The summed E-state index contributed by atoms with van der Waals surface area (Å²) in [5, 5.41) is 3.69. The van der Waals surface area contributed by atoms with Gasteiger partial charge in [-0.2, -0.15) is 0 Å². The van der Waals surface area contributed by atoms with Gasteiger partial charge >= 0.3 is 0 Å². The summed E-state index contributed by atoms with van der Waals surface area (Å²) < 4.78 is 26.4. The van der Waals surface area contributed by atoms with Crippen LogP contribution >= 0.6 is 11.6 Å². The monoisotopic (exact) mass is 561 g/mol. The third kappa shape index (κ3) is 8.73. The van der Waals surface area contributed by atoms with Crippen LogP contribution < -0.4 is 9.62 Å². The molecule has 1 saturated carbocycles. The van der Waals surface area contributed by atoms with E-state index in [-0.39, 0.29) is 37.4 Å². The maximum atomic E-state index is 13.5. The van der Waals surface area contributed by atoms with Crippen LogP contribution in [0.5, 0.6) is 0 Å². The second kappa shape index (κ2) is 14.0. The van der Waals surface area contributed by atoms with E-state index in [0.29, 0.717) is 17.1 Å². The first-order valence-electron chi connectivity index (χ1n) is 13.5. The molecule has 2 aromatic carbocycles. The number of sulfonamides is 1. The predicted octanol–water partition coefficient (Wildman–Crippen LogP) is 5.31.